The van der Waals surface area contributed by atoms with Gasteiger partial charge in [-0.2, -0.15) is 0 Å². The standard InChI is InChI=1S/C18H18ClN3O3/c1-11(20)24-17(21)10-16(25-18(22)23)14-4-2-3-13(9-14)12-5-7-15(19)8-6-12/h2-9,16,20-21H,10H2,1H3,(H2,22,23). The van der Waals surface area contributed by atoms with Crippen molar-refractivity contribution in [1.29, 1.82) is 10.8 Å². The largest absolute Gasteiger partial charge is 0.441 e. The zero-order valence-electron chi connectivity index (χ0n) is 13.6. The van der Waals surface area contributed by atoms with Crippen LogP contribution in [0.2, 0.25) is 5.02 Å². The minimum Gasteiger partial charge on any atom is -0.441 e. The second kappa shape index (κ2) is 8.30. The van der Waals surface area contributed by atoms with E-state index >= 15 is 0 Å². The first kappa shape index (κ1) is 18.5. The summed E-state index contributed by atoms with van der Waals surface area (Å²) in [5.41, 5.74) is 7.67. The first-order chi connectivity index (χ1) is 11.8. The number of primary amides is 1. The highest BCUT2D eigenvalue weighted by molar-refractivity contribution is 6.30. The van der Waals surface area contributed by atoms with Gasteiger partial charge in [-0.25, -0.2) is 4.79 Å². The van der Waals surface area contributed by atoms with Crippen LogP contribution in [0.3, 0.4) is 0 Å². The lowest BCUT2D eigenvalue weighted by molar-refractivity contribution is 0.108. The molecule has 0 aliphatic rings. The minimum atomic E-state index is -0.943. The van der Waals surface area contributed by atoms with Crippen molar-refractivity contribution in [3.8, 4) is 11.1 Å². The molecule has 2 aromatic rings. The highest BCUT2D eigenvalue weighted by Gasteiger charge is 2.19. The van der Waals surface area contributed by atoms with Crippen LogP contribution < -0.4 is 5.73 Å². The van der Waals surface area contributed by atoms with Crippen molar-refractivity contribution in [2.45, 2.75) is 19.4 Å². The lowest BCUT2D eigenvalue weighted by atomic mass is 9.99. The molecule has 0 radical (unpaired) electrons. The van der Waals surface area contributed by atoms with Crippen LogP contribution in [-0.4, -0.2) is 17.9 Å². The monoisotopic (exact) mass is 359 g/mol. The summed E-state index contributed by atoms with van der Waals surface area (Å²) in [5.74, 6) is -0.298. The third-order valence-electron chi connectivity index (χ3n) is 3.34. The van der Waals surface area contributed by atoms with Crippen LogP contribution >= 0.6 is 11.6 Å². The van der Waals surface area contributed by atoms with Gasteiger partial charge in [-0.3, -0.25) is 10.8 Å². The number of hydrogen-bond acceptors (Lipinski definition) is 5. The van der Waals surface area contributed by atoms with Crippen LogP contribution in [0.1, 0.15) is 25.0 Å². The Hall–Kier alpha value is -2.86. The Morgan fingerprint density at radius 3 is 2.44 bits per heavy atom. The molecule has 7 heteroatoms. The van der Waals surface area contributed by atoms with Gasteiger partial charge in [-0.1, -0.05) is 41.9 Å². The number of nitrogens with two attached hydrogens (primary N) is 1. The fourth-order valence-electron chi connectivity index (χ4n) is 2.32. The number of benzene rings is 2. The van der Waals surface area contributed by atoms with E-state index in [1.165, 1.54) is 6.92 Å². The summed E-state index contributed by atoms with van der Waals surface area (Å²) in [5, 5.41) is 15.7. The van der Waals surface area contributed by atoms with Crippen LogP contribution in [0.15, 0.2) is 48.5 Å². The molecule has 0 aromatic heterocycles. The lowest BCUT2D eigenvalue weighted by Gasteiger charge is -2.18. The third-order valence-corrected chi connectivity index (χ3v) is 3.59. The molecular weight excluding hydrogens is 342 g/mol. The highest BCUT2D eigenvalue weighted by Crippen LogP contribution is 2.28. The second-order valence-electron chi connectivity index (χ2n) is 5.34. The number of nitrogens with one attached hydrogen (secondary N) is 2. The van der Waals surface area contributed by atoms with Crippen LogP contribution in [0.4, 0.5) is 4.79 Å². The van der Waals surface area contributed by atoms with Crippen molar-refractivity contribution < 1.29 is 14.3 Å². The zero-order valence-corrected chi connectivity index (χ0v) is 14.3. The maximum absolute atomic E-state index is 11.2. The second-order valence-corrected chi connectivity index (χ2v) is 5.78. The molecule has 0 fully saturated rings. The van der Waals surface area contributed by atoms with Crippen molar-refractivity contribution in [3.63, 3.8) is 0 Å². The van der Waals surface area contributed by atoms with Gasteiger partial charge in [0.15, 0.2) is 11.8 Å². The van der Waals surface area contributed by atoms with E-state index in [0.717, 1.165) is 11.1 Å². The molecule has 0 aliphatic heterocycles. The van der Waals surface area contributed by atoms with Crippen molar-refractivity contribution in [1.82, 2.24) is 0 Å². The molecule has 0 aliphatic carbocycles. The van der Waals surface area contributed by atoms with Crippen LogP contribution in [0, 0.1) is 10.8 Å². The summed E-state index contributed by atoms with van der Waals surface area (Å²) in [6.45, 7) is 1.42. The smallest absolute Gasteiger partial charge is 0.405 e. The molecule has 1 unspecified atom stereocenters. The predicted octanol–water partition coefficient (Wildman–Crippen LogP) is 4.52. The lowest BCUT2D eigenvalue weighted by Crippen LogP contribution is -2.21. The summed E-state index contributed by atoms with van der Waals surface area (Å²) >= 11 is 5.91. The average Bonchev–Trinajstić information content (AvgIpc) is 2.54. The molecule has 2 rings (SSSR count). The first-order valence-corrected chi connectivity index (χ1v) is 7.85. The van der Waals surface area contributed by atoms with E-state index in [1.807, 2.05) is 30.3 Å². The molecule has 130 valence electrons. The molecule has 6 nitrogen and oxygen atoms in total. The number of halogens is 1. The van der Waals surface area contributed by atoms with Gasteiger partial charge in [0, 0.05) is 11.9 Å². The number of carbonyl (C=O) groups is 1. The van der Waals surface area contributed by atoms with Gasteiger partial charge in [0.2, 0.25) is 0 Å². The zero-order chi connectivity index (χ0) is 18.4. The Morgan fingerprint density at radius 1 is 1.16 bits per heavy atom. The summed E-state index contributed by atoms with van der Waals surface area (Å²) in [6.07, 6.45) is -1.75. The van der Waals surface area contributed by atoms with Gasteiger partial charge in [0.1, 0.15) is 6.10 Å². The Balaban J connectivity index is 2.28. The number of ether oxygens (including phenoxy) is 2. The topological polar surface area (TPSA) is 109 Å². The molecule has 2 aromatic carbocycles. The molecule has 1 atom stereocenters. The van der Waals surface area contributed by atoms with E-state index in [0.29, 0.717) is 10.6 Å². The first-order valence-electron chi connectivity index (χ1n) is 7.47. The molecule has 1 amide bonds. The van der Waals surface area contributed by atoms with Crippen molar-refractivity contribution in [2.24, 2.45) is 5.73 Å². The number of hydrogen-bond donors (Lipinski definition) is 3. The van der Waals surface area contributed by atoms with Crippen LogP contribution in [0.25, 0.3) is 11.1 Å². The van der Waals surface area contributed by atoms with Crippen LogP contribution in [0.5, 0.6) is 0 Å². The van der Waals surface area contributed by atoms with Gasteiger partial charge in [-0.15, -0.1) is 0 Å². The van der Waals surface area contributed by atoms with Gasteiger partial charge < -0.3 is 15.2 Å². The summed E-state index contributed by atoms with van der Waals surface area (Å²) in [7, 11) is 0. The summed E-state index contributed by atoms with van der Waals surface area (Å²) in [6, 6.07) is 14.7. The van der Waals surface area contributed by atoms with E-state index in [-0.39, 0.29) is 18.2 Å². The Kier molecular flexibility index (Phi) is 6.14. The Morgan fingerprint density at radius 2 is 1.84 bits per heavy atom. The van der Waals surface area contributed by atoms with Crippen molar-refractivity contribution in [2.75, 3.05) is 0 Å². The summed E-state index contributed by atoms with van der Waals surface area (Å²) in [4.78, 5) is 11.2. The summed E-state index contributed by atoms with van der Waals surface area (Å²) < 4.78 is 10.1. The van der Waals surface area contributed by atoms with E-state index in [2.05, 4.69) is 0 Å². The minimum absolute atomic E-state index is 0.0246. The van der Waals surface area contributed by atoms with E-state index in [1.54, 1.807) is 18.2 Å². The van der Waals surface area contributed by atoms with E-state index < -0.39 is 12.2 Å². The van der Waals surface area contributed by atoms with Gasteiger partial charge >= 0.3 is 6.09 Å². The molecular formula is C18H18ClN3O3. The number of rotatable bonds is 5. The molecule has 0 heterocycles. The highest BCUT2D eigenvalue weighted by atomic mass is 35.5. The van der Waals surface area contributed by atoms with E-state index in [9.17, 15) is 4.79 Å². The normalized spacial score (nSPS) is 11.4. The number of carbonyl (C=O) groups excluding carboxylic acids is 1. The molecule has 0 bridgehead atoms. The predicted molar refractivity (Wildman–Crippen MR) is 97.1 cm³/mol. The Bertz CT molecular complexity index is 790. The maximum atomic E-state index is 11.2. The molecule has 25 heavy (non-hydrogen) atoms. The van der Waals surface area contributed by atoms with Gasteiger partial charge in [-0.05, 0) is 34.9 Å². The SMILES string of the molecule is CC(=N)OC(=N)CC(OC(N)=O)c1cccc(-c2ccc(Cl)cc2)c1. The number of amides is 1. The fraction of sp³-hybridized carbons (Fsp3) is 0.167. The third kappa shape index (κ3) is 5.61. The molecule has 0 saturated carbocycles. The van der Waals surface area contributed by atoms with Gasteiger partial charge in [0.25, 0.3) is 0 Å². The van der Waals surface area contributed by atoms with Crippen molar-refractivity contribution in [3.05, 3.63) is 59.1 Å². The van der Waals surface area contributed by atoms with Crippen molar-refractivity contribution >= 4 is 29.5 Å². The molecule has 0 spiro atoms. The fourth-order valence-corrected chi connectivity index (χ4v) is 2.45. The Labute approximate surface area is 150 Å². The molecule has 4 N–H and O–H groups in total. The van der Waals surface area contributed by atoms with E-state index in [4.69, 9.17) is 37.6 Å². The maximum Gasteiger partial charge on any atom is 0.405 e. The van der Waals surface area contributed by atoms with Crippen LogP contribution in [-0.2, 0) is 9.47 Å². The quantitative estimate of drug-likeness (QED) is 0.539. The average molecular weight is 360 g/mol. The molecule has 0 saturated heterocycles. The van der Waals surface area contributed by atoms with Gasteiger partial charge in [0.05, 0.1) is 6.42 Å².